The number of halogens is 9. The van der Waals surface area contributed by atoms with Crippen molar-refractivity contribution in [3.8, 4) is 0 Å². The number of alkyl halides is 9. The van der Waals surface area contributed by atoms with Crippen LogP contribution < -0.4 is 0 Å². The second-order valence-electron chi connectivity index (χ2n) is 5.18. The summed E-state index contributed by atoms with van der Waals surface area (Å²) in [6.07, 6.45) is -13.8. The molecule has 0 amide bonds. The molecule has 0 heterocycles. The number of benzene rings is 2. The number of hydrogen-bond acceptors (Lipinski definition) is 3. The average molecular weight is 450 g/mol. The molecule has 3 nitrogen and oxygen atoms in total. The quantitative estimate of drug-likeness (QED) is 0.387. The van der Waals surface area contributed by atoms with Crippen molar-refractivity contribution in [1.29, 1.82) is 0 Å². The van der Waals surface area contributed by atoms with Gasteiger partial charge in [-0.3, -0.25) is 0 Å². The van der Waals surface area contributed by atoms with Gasteiger partial charge in [0.1, 0.15) is 4.90 Å². The molecule has 0 saturated carbocycles. The fraction of sp³-hybridized carbons (Fsp3) is 0.286. The predicted octanol–water partition coefficient (Wildman–Crippen LogP) is 4.32. The van der Waals surface area contributed by atoms with E-state index in [0.717, 1.165) is 12.1 Å². The fourth-order valence-corrected chi connectivity index (χ4v) is 3.18. The average Bonchev–Trinajstić information content (AvgIpc) is 2.51. The van der Waals surface area contributed by atoms with Crippen LogP contribution in [0.1, 0.15) is 0 Å². The van der Waals surface area contributed by atoms with Gasteiger partial charge >= 0.3 is 63.8 Å². The summed E-state index contributed by atoms with van der Waals surface area (Å²) in [7, 11) is -5.86. The Morgan fingerprint density at radius 3 is 1.75 bits per heavy atom. The molecule has 2 rings (SSSR count). The van der Waals surface area contributed by atoms with E-state index >= 15 is 0 Å². The molecular weight excluding hydrogens is 442 g/mol. The van der Waals surface area contributed by atoms with Gasteiger partial charge in [-0.15, -0.1) is 0 Å². The summed E-state index contributed by atoms with van der Waals surface area (Å²) in [6.45, 7) is 0. The topological polar surface area (TPSA) is 43.4 Å². The first-order valence-electron chi connectivity index (χ1n) is 6.68. The number of rotatable bonds is 5. The summed E-state index contributed by atoms with van der Waals surface area (Å²) >= 11 is 0. The Bertz CT molecular complexity index is 953. The van der Waals surface area contributed by atoms with Gasteiger partial charge in [0.15, 0.2) is 0 Å². The van der Waals surface area contributed by atoms with Crippen molar-refractivity contribution in [2.45, 2.75) is 29.0 Å². The summed E-state index contributed by atoms with van der Waals surface area (Å²) in [6, 6.07) is 7.95. The molecule has 0 aliphatic carbocycles. The molecule has 2 aromatic carbocycles. The number of hydrogen-bond donors (Lipinski definition) is 0. The van der Waals surface area contributed by atoms with E-state index in [4.69, 9.17) is 0 Å². The first-order chi connectivity index (χ1) is 12.0. The van der Waals surface area contributed by atoms with Crippen LogP contribution in [0.15, 0.2) is 47.4 Å². The van der Waals surface area contributed by atoms with Crippen molar-refractivity contribution >= 4 is 50.4 Å². The minimum atomic E-state index is -7.27. The van der Waals surface area contributed by atoms with Gasteiger partial charge in [0, 0.05) is 5.39 Å². The SMILES string of the molecule is O=S(=O)(OC(F)(F)C(F)(F)C(F)(F)C(F)(F)F)c1cccc2ccccc12.[NaH]. The van der Waals surface area contributed by atoms with Crippen LogP contribution in [-0.2, 0) is 14.3 Å². The van der Waals surface area contributed by atoms with Crippen LogP contribution in [0.25, 0.3) is 10.8 Å². The Balaban J connectivity index is 0.00000392. The van der Waals surface area contributed by atoms with Crippen molar-refractivity contribution in [2.24, 2.45) is 0 Å². The van der Waals surface area contributed by atoms with E-state index in [-0.39, 0.29) is 40.3 Å². The van der Waals surface area contributed by atoms with Crippen molar-refractivity contribution in [2.75, 3.05) is 0 Å². The van der Waals surface area contributed by atoms with E-state index in [1.54, 1.807) is 0 Å². The van der Waals surface area contributed by atoms with Gasteiger partial charge in [-0.25, -0.2) is 0 Å². The second kappa shape index (κ2) is 7.67. The van der Waals surface area contributed by atoms with Gasteiger partial charge < -0.3 is 0 Å². The summed E-state index contributed by atoms with van der Waals surface area (Å²) in [5.74, 6) is -14.5. The zero-order valence-electron chi connectivity index (χ0n) is 12.6. The third kappa shape index (κ3) is 4.13. The molecule has 0 radical (unpaired) electrons. The van der Waals surface area contributed by atoms with Crippen molar-refractivity contribution < 1.29 is 52.1 Å². The van der Waals surface area contributed by atoms with Crippen LogP contribution in [0.3, 0.4) is 0 Å². The Kier molecular flexibility index (Phi) is 6.85. The number of fused-ring (bicyclic) bond motifs is 1. The molecule has 2 aromatic rings. The van der Waals surface area contributed by atoms with Gasteiger partial charge in [-0.1, -0.05) is 36.4 Å². The molecule has 0 saturated heterocycles. The van der Waals surface area contributed by atoms with E-state index in [0.29, 0.717) is 6.07 Å². The van der Waals surface area contributed by atoms with Crippen molar-refractivity contribution in [1.82, 2.24) is 0 Å². The van der Waals surface area contributed by atoms with Gasteiger partial charge in [0.05, 0.1) is 0 Å². The second-order valence-corrected chi connectivity index (χ2v) is 6.69. The summed E-state index contributed by atoms with van der Waals surface area (Å²) < 4.78 is 142. The first kappa shape index (κ1) is 25.0. The van der Waals surface area contributed by atoms with E-state index in [9.17, 15) is 47.9 Å². The molecule has 152 valence electrons. The zero-order valence-corrected chi connectivity index (χ0v) is 13.4. The van der Waals surface area contributed by atoms with E-state index in [1.807, 2.05) is 0 Å². The Morgan fingerprint density at radius 1 is 0.714 bits per heavy atom. The third-order valence-corrected chi connectivity index (χ3v) is 4.67. The minimum absolute atomic E-state index is 0. The Morgan fingerprint density at radius 2 is 1.21 bits per heavy atom. The van der Waals surface area contributed by atoms with E-state index in [1.165, 1.54) is 24.3 Å². The monoisotopic (exact) mass is 450 g/mol. The first-order valence-corrected chi connectivity index (χ1v) is 8.09. The van der Waals surface area contributed by atoms with E-state index in [2.05, 4.69) is 4.18 Å². The molecule has 0 unspecified atom stereocenters. The van der Waals surface area contributed by atoms with Gasteiger partial charge in [-0.05, 0) is 11.5 Å². The Hall–Kier alpha value is -1.02. The maximum absolute atomic E-state index is 13.5. The standard InChI is InChI=1S/C14H7F9O3S.Na.H/c15-11(16,13(19,20)21)12(17,18)14(22,23)26-27(24,25)10-7-3-5-8-4-1-2-6-9(8)10;;/h1-7H;;. The van der Waals surface area contributed by atoms with Crippen LogP contribution in [0.4, 0.5) is 39.5 Å². The van der Waals surface area contributed by atoms with Crippen LogP contribution in [0, 0.1) is 0 Å². The van der Waals surface area contributed by atoms with Crippen molar-refractivity contribution in [3.05, 3.63) is 42.5 Å². The predicted molar refractivity (Wildman–Crippen MR) is 80.3 cm³/mol. The summed E-state index contributed by atoms with van der Waals surface area (Å²) in [5.41, 5.74) is 0. The molecule has 0 aromatic heterocycles. The maximum atomic E-state index is 13.5. The normalized spacial score (nSPS) is 14.0. The summed E-state index contributed by atoms with van der Waals surface area (Å²) in [4.78, 5) is -1.12. The van der Waals surface area contributed by atoms with Gasteiger partial charge in [-0.2, -0.15) is 52.1 Å². The molecule has 0 spiro atoms. The van der Waals surface area contributed by atoms with Crippen molar-refractivity contribution in [3.63, 3.8) is 0 Å². The summed E-state index contributed by atoms with van der Waals surface area (Å²) in [5, 5.41) is -0.181. The molecule has 28 heavy (non-hydrogen) atoms. The van der Waals surface area contributed by atoms with E-state index < -0.39 is 39.1 Å². The molecule has 0 N–H and O–H groups in total. The third-order valence-electron chi connectivity index (χ3n) is 3.35. The van der Waals surface area contributed by atoms with Gasteiger partial charge in [0.2, 0.25) is 0 Å². The van der Waals surface area contributed by atoms with Gasteiger partial charge in [0.25, 0.3) is 0 Å². The molecule has 14 heteroatoms. The molecule has 0 atom stereocenters. The van der Waals surface area contributed by atoms with Crippen LogP contribution in [0.2, 0.25) is 0 Å². The Labute approximate surface area is 173 Å². The zero-order chi connectivity index (χ0) is 20.9. The molecular formula is C14H8F9NaO3S. The van der Waals surface area contributed by atoms with Crippen LogP contribution >= 0.6 is 0 Å². The van der Waals surface area contributed by atoms with Crippen LogP contribution in [-0.4, -0.2) is 62.1 Å². The van der Waals surface area contributed by atoms with Crippen LogP contribution in [0.5, 0.6) is 0 Å². The molecule has 0 aliphatic heterocycles. The molecule has 0 bridgehead atoms. The molecule has 0 fully saturated rings. The molecule has 0 aliphatic rings. The fourth-order valence-electron chi connectivity index (χ4n) is 2.01.